The van der Waals surface area contributed by atoms with Gasteiger partial charge in [0.15, 0.2) is 0 Å². The highest BCUT2D eigenvalue weighted by atomic mass is 16.4. The van der Waals surface area contributed by atoms with Gasteiger partial charge in [-0.2, -0.15) is 0 Å². The van der Waals surface area contributed by atoms with Crippen LogP contribution in [0.1, 0.15) is 49.4 Å². The molecule has 1 atom stereocenters. The average molecular weight is 277 g/mol. The predicted octanol–water partition coefficient (Wildman–Crippen LogP) is 2.77. The van der Waals surface area contributed by atoms with E-state index in [-0.39, 0.29) is 5.56 Å². The van der Waals surface area contributed by atoms with Crippen molar-refractivity contribution in [2.45, 2.75) is 39.0 Å². The topological polar surface area (TPSA) is 79.5 Å². The van der Waals surface area contributed by atoms with E-state index in [2.05, 4.69) is 16.8 Å². The van der Waals surface area contributed by atoms with Crippen molar-refractivity contribution in [3.8, 4) is 0 Å². The summed E-state index contributed by atoms with van der Waals surface area (Å²) < 4.78 is 0. The van der Waals surface area contributed by atoms with Crippen molar-refractivity contribution in [3.05, 3.63) is 17.8 Å². The van der Waals surface area contributed by atoms with Gasteiger partial charge in [-0.15, -0.1) is 0 Å². The fourth-order valence-corrected chi connectivity index (χ4v) is 2.96. The van der Waals surface area contributed by atoms with Gasteiger partial charge in [0, 0.05) is 13.1 Å². The maximum Gasteiger partial charge on any atom is 0.339 e. The fourth-order valence-electron chi connectivity index (χ4n) is 2.96. The molecule has 0 aliphatic carbocycles. The first-order chi connectivity index (χ1) is 9.61. The molecule has 1 unspecified atom stereocenters. The van der Waals surface area contributed by atoms with Crippen LogP contribution in [0.2, 0.25) is 0 Å². The minimum Gasteiger partial charge on any atom is -0.478 e. The highest BCUT2D eigenvalue weighted by Gasteiger charge is 2.22. The molecular formula is C15H23N3O2. The largest absolute Gasteiger partial charge is 0.478 e. The van der Waals surface area contributed by atoms with Crippen LogP contribution in [0.5, 0.6) is 0 Å². The van der Waals surface area contributed by atoms with Crippen LogP contribution in [0.25, 0.3) is 0 Å². The summed E-state index contributed by atoms with van der Waals surface area (Å²) in [5, 5.41) is 9.31. The number of anilines is 2. The molecule has 0 spiro atoms. The summed E-state index contributed by atoms with van der Waals surface area (Å²) in [6, 6.07) is 1.50. The Morgan fingerprint density at radius 1 is 1.50 bits per heavy atom. The fraction of sp³-hybridized carbons (Fsp3) is 0.600. The average Bonchev–Trinajstić information content (AvgIpc) is 2.65. The number of hydrogen-bond donors (Lipinski definition) is 2. The van der Waals surface area contributed by atoms with Gasteiger partial charge in [-0.05, 0) is 31.2 Å². The number of carboxylic acid groups (broad SMARTS) is 1. The molecule has 20 heavy (non-hydrogen) atoms. The lowest BCUT2D eigenvalue weighted by Gasteiger charge is -2.23. The summed E-state index contributed by atoms with van der Waals surface area (Å²) >= 11 is 0. The first-order valence-corrected chi connectivity index (χ1v) is 7.35. The van der Waals surface area contributed by atoms with Crippen molar-refractivity contribution in [1.29, 1.82) is 0 Å². The molecule has 0 bridgehead atoms. The molecule has 0 radical (unpaired) electrons. The maximum atomic E-state index is 11.3. The lowest BCUT2D eigenvalue weighted by atomic mass is 9.96. The van der Waals surface area contributed by atoms with Crippen molar-refractivity contribution in [3.63, 3.8) is 0 Å². The van der Waals surface area contributed by atoms with Crippen LogP contribution in [-0.4, -0.2) is 29.1 Å². The van der Waals surface area contributed by atoms with E-state index < -0.39 is 5.97 Å². The zero-order valence-electron chi connectivity index (χ0n) is 12.0. The molecule has 110 valence electrons. The molecule has 2 rings (SSSR count). The summed E-state index contributed by atoms with van der Waals surface area (Å²) in [4.78, 5) is 17.7. The van der Waals surface area contributed by atoms with Gasteiger partial charge in [0.2, 0.25) is 0 Å². The SMILES string of the molecule is CCCC1CCCN(c2ncc(N)cc2C(=O)O)CC1. The Hall–Kier alpha value is -1.78. The number of rotatable bonds is 4. The van der Waals surface area contributed by atoms with Gasteiger partial charge in [0.1, 0.15) is 11.4 Å². The first-order valence-electron chi connectivity index (χ1n) is 7.35. The number of aromatic carboxylic acids is 1. The quantitative estimate of drug-likeness (QED) is 0.884. The highest BCUT2D eigenvalue weighted by molar-refractivity contribution is 5.94. The van der Waals surface area contributed by atoms with Crippen LogP contribution in [0, 0.1) is 5.92 Å². The van der Waals surface area contributed by atoms with Crippen LogP contribution in [0.3, 0.4) is 0 Å². The van der Waals surface area contributed by atoms with Gasteiger partial charge < -0.3 is 15.7 Å². The second-order valence-corrected chi connectivity index (χ2v) is 5.52. The molecule has 1 saturated heterocycles. The number of carboxylic acids is 1. The molecule has 3 N–H and O–H groups in total. The number of nitrogens with zero attached hydrogens (tertiary/aromatic N) is 2. The summed E-state index contributed by atoms with van der Waals surface area (Å²) in [5.41, 5.74) is 6.24. The van der Waals surface area contributed by atoms with E-state index in [9.17, 15) is 9.90 Å². The third-order valence-electron chi connectivity index (χ3n) is 3.96. The van der Waals surface area contributed by atoms with Crippen molar-refractivity contribution < 1.29 is 9.90 Å². The Morgan fingerprint density at radius 2 is 2.30 bits per heavy atom. The van der Waals surface area contributed by atoms with Crippen molar-refractivity contribution in [2.24, 2.45) is 5.92 Å². The summed E-state index contributed by atoms with van der Waals surface area (Å²) in [5.74, 6) is 0.352. The number of nitrogens with two attached hydrogens (primary N) is 1. The van der Waals surface area contributed by atoms with Crippen LogP contribution in [0.15, 0.2) is 12.3 Å². The van der Waals surface area contributed by atoms with Gasteiger partial charge >= 0.3 is 5.97 Å². The molecular weight excluding hydrogens is 254 g/mol. The maximum absolute atomic E-state index is 11.3. The lowest BCUT2D eigenvalue weighted by molar-refractivity contribution is 0.0697. The molecule has 5 nitrogen and oxygen atoms in total. The van der Waals surface area contributed by atoms with Crippen molar-refractivity contribution in [1.82, 2.24) is 4.98 Å². The van der Waals surface area contributed by atoms with E-state index in [0.29, 0.717) is 11.5 Å². The van der Waals surface area contributed by atoms with Crippen LogP contribution in [0.4, 0.5) is 11.5 Å². The van der Waals surface area contributed by atoms with Crippen LogP contribution >= 0.6 is 0 Å². The number of aromatic nitrogens is 1. The minimum absolute atomic E-state index is 0.207. The van der Waals surface area contributed by atoms with Crippen LogP contribution < -0.4 is 10.6 Å². The molecule has 1 fully saturated rings. The lowest BCUT2D eigenvalue weighted by Crippen LogP contribution is -2.27. The van der Waals surface area contributed by atoms with E-state index in [1.165, 1.54) is 31.5 Å². The van der Waals surface area contributed by atoms with E-state index in [1.807, 2.05) is 0 Å². The smallest absolute Gasteiger partial charge is 0.339 e. The zero-order valence-corrected chi connectivity index (χ0v) is 12.0. The molecule has 1 aliphatic rings. The predicted molar refractivity (Wildman–Crippen MR) is 80.1 cm³/mol. The molecule has 0 aromatic carbocycles. The summed E-state index contributed by atoms with van der Waals surface area (Å²) in [6.45, 7) is 3.96. The second kappa shape index (κ2) is 6.59. The Labute approximate surface area is 119 Å². The Bertz CT molecular complexity index is 476. The summed E-state index contributed by atoms with van der Waals surface area (Å²) in [6.07, 6.45) is 7.44. The van der Waals surface area contributed by atoms with Crippen molar-refractivity contribution in [2.75, 3.05) is 23.7 Å². The Balaban J connectivity index is 2.17. The molecule has 5 heteroatoms. The van der Waals surface area contributed by atoms with Gasteiger partial charge in [-0.1, -0.05) is 19.8 Å². The Kier molecular flexibility index (Phi) is 4.82. The van der Waals surface area contributed by atoms with E-state index in [4.69, 9.17) is 5.73 Å². The molecule has 0 amide bonds. The Morgan fingerprint density at radius 3 is 3.00 bits per heavy atom. The van der Waals surface area contributed by atoms with Crippen molar-refractivity contribution >= 4 is 17.5 Å². The molecule has 1 aromatic rings. The summed E-state index contributed by atoms with van der Waals surface area (Å²) in [7, 11) is 0. The first kappa shape index (κ1) is 14.6. The zero-order chi connectivity index (χ0) is 14.5. The molecule has 1 aliphatic heterocycles. The monoisotopic (exact) mass is 277 g/mol. The van der Waals surface area contributed by atoms with Crippen LogP contribution in [-0.2, 0) is 0 Å². The normalized spacial score (nSPS) is 19.6. The number of hydrogen-bond acceptors (Lipinski definition) is 4. The third-order valence-corrected chi connectivity index (χ3v) is 3.96. The van der Waals surface area contributed by atoms with E-state index in [0.717, 1.165) is 31.8 Å². The number of carbonyl (C=O) groups is 1. The van der Waals surface area contributed by atoms with Gasteiger partial charge in [0.25, 0.3) is 0 Å². The minimum atomic E-state index is -0.964. The van der Waals surface area contributed by atoms with Gasteiger partial charge in [-0.25, -0.2) is 9.78 Å². The second-order valence-electron chi connectivity index (χ2n) is 5.52. The third kappa shape index (κ3) is 3.40. The number of pyridine rings is 1. The molecule has 1 aromatic heterocycles. The van der Waals surface area contributed by atoms with Gasteiger partial charge in [0.05, 0.1) is 11.9 Å². The standard InChI is InChI=1S/C15H23N3O2/c1-2-4-11-5-3-7-18(8-6-11)14-13(15(19)20)9-12(16)10-17-14/h9-11H,2-8,16H2,1H3,(H,19,20). The van der Waals surface area contributed by atoms with Gasteiger partial charge in [-0.3, -0.25) is 0 Å². The molecule has 0 saturated carbocycles. The highest BCUT2D eigenvalue weighted by Crippen LogP contribution is 2.27. The van der Waals surface area contributed by atoms with E-state index in [1.54, 1.807) is 0 Å². The number of nitrogen functional groups attached to an aromatic ring is 1. The van der Waals surface area contributed by atoms with E-state index >= 15 is 0 Å². The molecule has 2 heterocycles.